The number of rotatable bonds is 6. The summed E-state index contributed by atoms with van der Waals surface area (Å²) in [6.45, 7) is 0.212. The molecule has 0 saturated heterocycles. The van der Waals surface area contributed by atoms with Crippen molar-refractivity contribution in [2.75, 3.05) is 6.54 Å². The van der Waals surface area contributed by atoms with E-state index in [4.69, 9.17) is 11.6 Å². The van der Waals surface area contributed by atoms with Gasteiger partial charge in [0.2, 0.25) is 10.0 Å². The second-order valence-corrected chi connectivity index (χ2v) is 8.31. The fourth-order valence-corrected chi connectivity index (χ4v) is 4.18. The average Bonchev–Trinajstić information content (AvgIpc) is 3.04. The number of hydrogen-bond acceptors (Lipinski definition) is 4. The normalized spacial score (nSPS) is 11.6. The van der Waals surface area contributed by atoms with Gasteiger partial charge in [-0.05, 0) is 36.4 Å². The van der Waals surface area contributed by atoms with E-state index in [9.17, 15) is 12.8 Å². The Morgan fingerprint density at radius 3 is 2.44 bits per heavy atom. The lowest BCUT2D eigenvalue weighted by Crippen LogP contribution is -2.26. The van der Waals surface area contributed by atoms with Crippen molar-refractivity contribution in [3.63, 3.8) is 0 Å². The highest BCUT2D eigenvalue weighted by Crippen LogP contribution is 2.25. The van der Waals surface area contributed by atoms with Crippen LogP contribution in [0.25, 0.3) is 10.6 Å². The molecule has 0 spiro atoms. The van der Waals surface area contributed by atoms with Crippen LogP contribution in [-0.4, -0.2) is 19.9 Å². The number of benzene rings is 2. The van der Waals surface area contributed by atoms with Gasteiger partial charge in [-0.1, -0.05) is 23.7 Å². The predicted molar refractivity (Wildman–Crippen MR) is 97.9 cm³/mol. The van der Waals surface area contributed by atoms with E-state index >= 15 is 0 Å². The van der Waals surface area contributed by atoms with Gasteiger partial charge < -0.3 is 0 Å². The number of aromatic nitrogens is 1. The zero-order valence-corrected chi connectivity index (χ0v) is 15.3. The largest absolute Gasteiger partial charge is 0.241 e. The molecule has 0 saturated carbocycles. The summed E-state index contributed by atoms with van der Waals surface area (Å²) in [6, 6.07) is 12.1. The van der Waals surface area contributed by atoms with Crippen LogP contribution in [0.1, 0.15) is 5.69 Å². The summed E-state index contributed by atoms with van der Waals surface area (Å²) in [7, 11) is -3.65. The summed E-state index contributed by atoms with van der Waals surface area (Å²) < 4.78 is 39.6. The van der Waals surface area contributed by atoms with E-state index in [1.165, 1.54) is 23.5 Å². The fourth-order valence-electron chi connectivity index (χ4n) is 2.16. The lowest BCUT2D eigenvalue weighted by molar-refractivity contribution is 0.580. The Morgan fingerprint density at radius 2 is 1.76 bits per heavy atom. The predicted octanol–water partition coefficient (Wildman–Crippen LogP) is 4.12. The lowest BCUT2D eigenvalue weighted by atomic mass is 10.2. The van der Waals surface area contributed by atoms with Gasteiger partial charge in [0.1, 0.15) is 10.8 Å². The molecule has 130 valence electrons. The van der Waals surface area contributed by atoms with E-state index in [1.807, 2.05) is 17.5 Å². The maximum absolute atomic E-state index is 12.9. The average molecular weight is 397 g/mol. The highest BCUT2D eigenvalue weighted by Gasteiger charge is 2.13. The van der Waals surface area contributed by atoms with Crippen molar-refractivity contribution in [1.29, 1.82) is 0 Å². The third-order valence-corrected chi connectivity index (χ3v) is 6.11. The highest BCUT2D eigenvalue weighted by molar-refractivity contribution is 7.89. The summed E-state index contributed by atoms with van der Waals surface area (Å²) >= 11 is 7.36. The zero-order valence-electron chi connectivity index (χ0n) is 12.9. The second-order valence-electron chi connectivity index (χ2n) is 5.25. The third kappa shape index (κ3) is 4.64. The summed E-state index contributed by atoms with van der Waals surface area (Å²) in [5.41, 5.74) is 1.77. The van der Waals surface area contributed by atoms with Gasteiger partial charge in [0.15, 0.2) is 0 Å². The maximum Gasteiger partial charge on any atom is 0.240 e. The molecule has 0 radical (unpaired) electrons. The number of sulfonamides is 1. The Kier molecular flexibility index (Phi) is 5.48. The maximum atomic E-state index is 12.9. The topological polar surface area (TPSA) is 59.1 Å². The summed E-state index contributed by atoms with van der Waals surface area (Å²) in [6.07, 6.45) is 0.463. The first kappa shape index (κ1) is 18.0. The molecule has 3 rings (SSSR count). The summed E-state index contributed by atoms with van der Waals surface area (Å²) in [4.78, 5) is 4.54. The van der Waals surface area contributed by atoms with E-state index in [-0.39, 0.29) is 11.4 Å². The second kappa shape index (κ2) is 7.61. The van der Waals surface area contributed by atoms with Crippen molar-refractivity contribution >= 4 is 33.0 Å². The minimum absolute atomic E-state index is 0.0361. The number of halogens is 2. The first-order valence-corrected chi connectivity index (χ1v) is 10.1. The Balaban J connectivity index is 1.61. The van der Waals surface area contributed by atoms with E-state index in [2.05, 4.69) is 9.71 Å². The van der Waals surface area contributed by atoms with E-state index in [0.717, 1.165) is 28.4 Å². The molecule has 0 atom stereocenters. The van der Waals surface area contributed by atoms with Crippen molar-refractivity contribution in [2.24, 2.45) is 0 Å². The van der Waals surface area contributed by atoms with Crippen LogP contribution >= 0.6 is 22.9 Å². The number of nitrogens with one attached hydrogen (secondary N) is 1. The summed E-state index contributed by atoms with van der Waals surface area (Å²) in [5, 5.41) is 3.42. The molecule has 0 amide bonds. The molecule has 0 fully saturated rings. The van der Waals surface area contributed by atoms with Gasteiger partial charge in [0, 0.05) is 28.9 Å². The molecule has 25 heavy (non-hydrogen) atoms. The Hall–Kier alpha value is -1.80. The van der Waals surface area contributed by atoms with Crippen LogP contribution < -0.4 is 4.72 Å². The molecular formula is C17H14ClFN2O2S2. The molecule has 0 bridgehead atoms. The van der Waals surface area contributed by atoms with Crippen molar-refractivity contribution in [3.05, 3.63) is 70.4 Å². The molecule has 8 heteroatoms. The van der Waals surface area contributed by atoms with Gasteiger partial charge in [-0.15, -0.1) is 11.3 Å². The molecule has 3 aromatic rings. The minimum Gasteiger partial charge on any atom is -0.241 e. The molecule has 0 aliphatic rings. The Bertz CT molecular complexity index is 955. The summed E-state index contributed by atoms with van der Waals surface area (Å²) in [5.74, 6) is -0.476. The Morgan fingerprint density at radius 1 is 1.08 bits per heavy atom. The number of nitrogens with zero attached hydrogens (tertiary/aromatic N) is 1. The molecule has 1 N–H and O–H groups in total. The molecule has 0 aliphatic carbocycles. The molecule has 1 heterocycles. The van der Waals surface area contributed by atoms with Gasteiger partial charge in [0.05, 0.1) is 10.6 Å². The molecule has 0 aliphatic heterocycles. The van der Waals surface area contributed by atoms with Crippen LogP contribution in [0.4, 0.5) is 4.39 Å². The third-order valence-electron chi connectivity index (χ3n) is 3.44. The van der Waals surface area contributed by atoms with Crippen molar-refractivity contribution < 1.29 is 12.8 Å². The number of thiazole rings is 1. The van der Waals surface area contributed by atoms with Gasteiger partial charge in [0.25, 0.3) is 0 Å². The van der Waals surface area contributed by atoms with Crippen LogP contribution in [0, 0.1) is 5.82 Å². The van der Waals surface area contributed by atoms with Crippen LogP contribution in [0.5, 0.6) is 0 Å². The van der Waals surface area contributed by atoms with Crippen LogP contribution in [0.15, 0.2) is 58.8 Å². The fraction of sp³-hybridized carbons (Fsp3) is 0.118. The van der Waals surface area contributed by atoms with Gasteiger partial charge >= 0.3 is 0 Å². The van der Waals surface area contributed by atoms with Crippen molar-refractivity contribution in [2.45, 2.75) is 11.3 Å². The molecule has 2 aromatic carbocycles. The Labute approximate surface area is 154 Å². The SMILES string of the molecule is O=S(=O)(NCCc1csc(-c2ccc(Cl)cc2)n1)c1ccc(F)cc1. The van der Waals surface area contributed by atoms with Crippen LogP contribution in [0.2, 0.25) is 5.02 Å². The molecular weight excluding hydrogens is 383 g/mol. The first-order valence-electron chi connectivity index (χ1n) is 7.40. The van der Waals surface area contributed by atoms with Crippen molar-refractivity contribution in [3.8, 4) is 10.6 Å². The molecule has 0 unspecified atom stereocenters. The minimum atomic E-state index is -3.65. The van der Waals surface area contributed by atoms with Gasteiger partial charge in [-0.2, -0.15) is 0 Å². The number of hydrogen-bond donors (Lipinski definition) is 1. The van der Waals surface area contributed by atoms with Crippen LogP contribution in [0.3, 0.4) is 0 Å². The van der Waals surface area contributed by atoms with Gasteiger partial charge in [-0.25, -0.2) is 22.5 Å². The van der Waals surface area contributed by atoms with E-state index < -0.39 is 15.8 Å². The van der Waals surface area contributed by atoms with E-state index in [0.29, 0.717) is 11.4 Å². The lowest BCUT2D eigenvalue weighted by Gasteiger charge is -2.05. The first-order chi connectivity index (χ1) is 11.9. The van der Waals surface area contributed by atoms with Crippen LogP contribution in [-0.2, 0) is 16.4 Å². The molecule has 1 aromatic heterocycles. The smallest absolute Gasteiger partial charge is 0.240 e. The standard InChI is InChI=1S/C17H14ClFN2O2S2/c18-13-3-1-12(2-4-13)17-21-15(11-24-17)9-10-20-25(22,23)16-7-5-14(19)6-8-16/h1-8,11,20H,9-10H2. The zero-order chi connectivity index (χ0) is 17.9. The monoisotopic (exact) mass is 396 g/mol. The highest BCUT2D eigenvalue weighted by atomic mass is 35.5. The van der Waals surface area contributed by atoms with Gasteiger partial charge in [-0.3, -0.25) is 0 Å². The molecule has 4 nitrogen and oxygen atoms in total. The van der Waals surface area contributed by atoms with Crippen molar-refractivity contribution in [1.82, 2.24) is 9.71 Å². The van der Waals surface area contributed by atoms with E-state index in [1.54, 1.807) is 12.1 Å². The quantitative estimate of drug-likeness (QED) is 0.681.